The van der Waals surface area contributed by atoms with Gasteiger partial charge in [0.25, 0.3) is 5.91 Å². The van der Waals surface area contributed by atoms with E-state index in [0.29, 0.717) is 11.6 Å². The van der Waals surface area contributed by atoms with Crippen molar-refractivity contribution in [1.82, 2.24) is 14.9 Å². The highest BCUT2D eigenvalue weighted by Gasteiger charge is 2.28. The van der Waals surface area contributed by atoms with Crippen LogP contribution in [0, 0.1) is 5.92 Å². The molecule has 2 rings (SSSR count). The highest BCUT2D eigenvalue weighted by molar-refractivity contribution is 5.92. The van der Waals surface area contributed by atoms with Crippen molar-refractivity contribution in [2.45, 2.75) is 45.3 Å². The molecule has 5 heteroatoms. The first-order valence-electron chi connectivity index (χ1n) is 6.96. The Hall–Kier alpha value is -1.36. The molecule has 0 bridgehead atoms. The van der Waals surface area contributed by atoms with E-state index in [9.17, 15) is 4.79 Å². The Morgan fingerprint density at radius 2 is 2.42 bits per heavy atom. The topological polar surface area (TPSA) is 56.1 Å². The van der Waals surface area contributed by atoms with E-state index in [-0.39, 0.29) is 18.1 Å². The number of carbonyl (C=O) groups excluding carboxylic acids is 1. The first kappa shape index (κ1) is 14.1. The largest absolute Gasteiger partial charge is 0.376 e. The number of aryl methyl sites for hydroxylation is 1. The highest BCUT2D eigenvalue weighted by Crippen LogP contribution is 2.20. The summed E-state index contributed by atoms with van der Waals surface area (Å²) in [6, 6.07) is 0.102. The van der Waals surface area contributed by atoms with Crippen LogP contribution in [-0.2, 0) is 11.8 Å². The molecule has 1 amide bonds. The summed E-state index contributed by atoms with van der Waals surface area (Å²) >= 11 is 0. The fourth-order valence-corrected chi connectivity index (χ4v) is 2.47. The van der Waals surface area contributed by atoms with Crippen molar-refractivity contribution >= 4 is 5.91 Å². The SMILES string of the molecule is CC(C)CC1OCCCC1NC(=O)c1cn(C)cn1. The molecule has 1 fully saturated rings. The van der Waals surface area contributed by atoms with Crippen LogP contribution in [0.5, 0.6) is 0 Å². The number of hydrogen-bond donors (Lipinski definition) is 1. The lowest BCUT2D eigenvalue weighted by Gasteiger charge is -2.33. The summed E-state index contributed by atoms with van der Waals surface area (Å²) in [4.78, 5) is 16.2. The Morgan fingerprint density at radius 1 is 1.63 bits per heavy atom. The smallest absolute Gasteiger partial charge is 0.271 e. The van der Waals surface area contributed by atoms with Crippen LogP contribution < -0.4 is 5.32 Å². The van der Waals surface area contributed by atoms with Crippen LogP contribution in [-0.4, -0.2) is 34.2 Å². The van der Waals surface area contributed by atoms with Crippen LogP contribution >= 0.6 is 0 Å². The van der Waals surface area contributed by atoms with Crippen LogP contribution in [0.1, 0.15) is 43.6 Å². The Labute approximate surface area is 114 Å². The van der Waals surface area contributed by atoms with E-state index in [1.807, 2.05) is 7.05 Å². The molecular weight excluding hydrogens is 242 g/mol. The van der Waals surface area contributed by atoms with Crippen LogP contribution in [0.3, 0.4) is 0 Å². The van der Waals surface area contributed by atoms with Crippen molar-refractivity contribution in [1.29, 1.82) is 0 Å². The van der Waals surface area contributed by atoms with Gasteiger partial charge in [0, 0.05) is 19.9 Å². The van der Waals surface area contributed by atoms with E-state index in [1.165, 1.54) is 0 Å². The molecule has 0 radical (unpaired) electrons. The summed E-state index contributed by atoms with van der Waals surface area (Å²) in [5, 5.41) is 3.06. The molecule has 1 aromatic heterocycles. The van der Waals surface area contributed by atoms with Gasteiger partial charge in [0.05, 0.1) is 18.5 Å². The van der Waals surface area contributed by atoms with Gasteiger partial charge in [-0.1, -0.05) is 13.8 Å². The third-order valence-corrected chi connectivity index (χ3v) is 3.40. The Morgan fingerprint density at radius 3 is 3.05 bits per heavy atom. The van der Waals surface area contributed by atoms with Crippen molar-refractivity contribution in [3.8, 4) is 0 Å². The normalized spacial score (nSPS) is 23.6. The maximum Gasteiger partial charge on any atom is 0.271 e. The van der Waals surface area contributed by atoms with E-state index in [1.54, 1.807) is 17.1 Å². The van der Waals surface area contributed by atoms with Gasteiger partial charge in [-0.2, -0.15) is 0 Å². The fraction of sp³-hybridized carbons (Fsp3) is 0.714. The second kappa shape index (κ2) is 6.19. The minimum absolute atomic E-state index is 0.102. The van der Waals surface area contributed by atoms with Gasteiger partial charge in [0.15, 0.2) is 0 Å². The van der Waals surface area contributed by atoms with E-state index < -0.39 is 0 Å². The summed E-state index contributed by atoms with van der Waals surface area (Å²) in [6.07, 6.45) is 6.46. The summed E-state index contributed by atoms with van der Waals surface area (Å²) in [5.74, 6) is 0.460. The fourth-order valence-electron chi connectivity index (χ4n) is 2.47. The van der Waals surface area contributed by atoms with Gasteiger partial charge in [0.2, 0.25) is 0 Å². The Bertz CT molecular complexity index is 428. The zero-order chi connectivity index (χ0) is 13.8. The molecule has 1 aliphatic heterocycles. The molecule has 1 aromatic rings. The van der Waals surface area contributed by atoms with Crippen molar-refractivity contribution < 1.29 is 9.53 Å². The lowest BCUT2D eigenvalue weighted by molar-refractivity contribution is -0.0186. The molecule has 0 saturated carbocycles. The molecule has 5 nitrogen and oxygen atoms in total. The third-order valence-electron chi connectivity index (χ3n) is 3.40. The molecular formula is C14H23N3O2. The minimum Gasteiger partial charge on any atom is -0.376 e. The highest BCUT2D eigenvalue weighted by atomic mass is 16.5. The predicted molar refractivity (Wildman–Crippen MR) is 72.9 cm³/mol. The van der Waals surface area contributed by atoms with Crippen molar-refractivity contribution in [3.05, 3.63) is 18.2 Å². The molecule has 0 spiro atoms. The number of ether oxygens (including phenoxy) is 1. The lowest BCUT2D eigenvalue weighted by atomic mass is 9.94. The molecule has 19 heavy (non-hydrogen) atoms. The van der Waals surface area contributed by atoms with Gasteiger partial charge in [-0.05, 0) is 25.2 Å². The maximum atomic E-state index is 12.1. The summed E-state index contributed by atoms with van der Waals surface area (Å²) < 4.78 is 7.58. The Kier molecular flexibility index (Phi) is 4.58. The summed E-state index contributed by atoms with van der Waals surface area (Å²) in [7, 11) is 1.86. The first-order chi connectivity index (χ1) is 9.06. The number of rotatable bonds is 4. The summed E-state index contributed by atoms with van der Waals surface area (Å²) in [5.41, 5.74) is 0.469. The molecule has 0 aliphatic carbocycles. The third kappa shape index (κ3) is 3.80. The van der Waals surface area contributed by atoms with Gasteiger partial charge in [-0.3, -0.25) is 4.79 Å². The second-order valence-electron chi connectivity index (χ2n) is 5.69. The molecule has 1 aliphatic rings. The average molecular weight is 265 g/mol. The molecule has 0 aromatic carbocycles. The molecule has 2 unspecified atom stereocenters. The number of aromatic nitrogens is 2. The zero-order valence-corrected chi connectivity index (χ0v) is 11.9. The predicted octanol–water partition coefficient (Wildman–Crippen LogP) is 1.74. The zero-order valence-electron chi connectivity index (χ0n) is 11.9. The van der Waals surface area contributed by atoms with E-state index in [2.05, 4.69) is 24.1 Å². The van der Waals surface area contributed by atoms with Crippen LogP contribution in [0.25, 0.3) is 0 Å². The minimum atomic E-state index is -0.107. The monoisotopic (exact) mass is 265 g/mol. The van der Waals surface area contributed by atoms with E-state index >= 15 is 0 Å². The lowest BCUT2D eigenvalue weighted by Crippen LogP contribution is -2.47. The van der Waals surface area contributed by atoms with Crippen LogP contribution in [0.4, 0.5) is 0 Å². The maximum absolute atomic E-state index is 12.1. The summed E-state index contributed by atoms with van der Waals surface area (Å²) in [6.45, 7) is 5.15. The standard InChI is InChI=1S/C14H23N3O2/c1-10(2)7-13-11(5-4-6-19-13)16-14(18)12-8-17(3)9-15-12/h8-11,13H,4-7H2,1-3H3,(H,16,18). The number of amides is 1. The van der Waals surface area contributed by atoms with Crippen LogP contribution in [0.2, 0.25) is 0 Å². The van der Waals surface area contributed by atoms with E-state index in [4.69, 9.17) is 4.74 Å². The van der Waals surface area contributed by atoms with Crippen molar-refractivity contribution in [2.24, 2.45) is 13.0 Å². The molecule has 2 heterocycles. The number of nitrogens with zero attached hydrogens (tertiary/aromatic N) is 2. The van der Waals surface area contributed by atoms with Gasteiger partial charge in [0.1, 0.15) is 5.69 Å². The second-order valence-corrected chi connectivity index (χ2v) is 5.69. The number of nitrogens with one attached hydrogen (secondary N) is 1. The van der Waals surface area contributed by atoms with E-state index in [0.717, 1.165) is 25.9 Å². The molecule has 1 saturated heterocycles. The average Bonchev–Trinajstić information content (AvgIpc) is 2.78. The number of carbonyl (C=O) groups is 1. The molecule has 1 N–H and O–H groups in total. The van der Waals surface area contributed by atoms with Gasteiger partial charge >= 0.3 is 0 Å². The van der Waals surface area contributed by atoms with Crippen molar-refractivity contribution in [3.63, 3.8) is 0 Å². The van der Waals surface area contributed by atoms with Crippen molar-refractivity contribution in [2.75, 3.05) is 6.61 Å². The quantitative estimate of drug-likeness (QED) is 0.902. The number of imidazole rings is 1. The van der Waals surface area contributed by atoms with Gasteiger partial charge in [-0.25, -0.2) is 4.98 Å². The molecule has 2 atom stereocenters. The first-order valence-corrected chi connectivity index (χ1v) is 6.96. The molecule has 106 valence electrons. The van der Waals surface area contributed by atoms with Gasteiger partial charge < -0.3 is 14.6 Å². The number of hydrogen-bond acceptors (Lipinski definition) is 3. The van der Waals surface area contributed by atoms with Crippen LogP contribution in [0.15, 0.2) is 12.5 Å². The Balaban J connectivity index is 1.97. The van der Waals surface area contributed by atoms with Gasteiger partial charge in [-0.15, -0.1) is 0 Å².